The minimum absolute atomic E-state index is 0.167. The van der Waals surface area contributed by atoms with Gasteiger partial charge in [0.1, 0.15) is 0 Å². The number of benzene rings is 1. The first kappa shape index (κ1) is 14.1. The van der Waals surface area contributed by atoms with Gasteiger partial charge in [-0.05, 0) is 56.7 Å². The molecule has 3 aliphatic heterocycles. The largest absolute Gasteiger partial charge is 0.465 e. The predicted octanol–water partition coefficient (Wildman–Crippen LogP) is 3.14. The Bertz CT molecular complexity index is 547. The lowest BCUT2D eigenvalue weighted by Crippen LogP contribution is -2.65. The first-order valence-electron chi connectivity index (χ1n) is 8.51. The van der Waals surface area contributed by atoms with Crippen molar-refractivity contribution < 1.29 is 9.90 Å². The highest BCUT2D eigenvalue weighted by Crippen LogP contribution is 2.49. The summed E-state index contributed by atoms with van der Waals surface area (Å²) in [6.07, 6.45) is 4.62. The van der Waals surface area contributed by atoms with Gasteiger partial charge < -0.3 is 10.0 Å². The van der Waals surface area contributed by atoms with E-state index in [0.717, 1.165) is 51.7 Å². The lowest BCUT2D eigenvalue weighted by molar-refractivity contribution is -0.0673. The van der Waals surface area contributed by atoms with Crippen molar-refractivity contribution in [2.75, 3.05) is 19.6 Å². The summed E-state index contributed by atoms with van der Waals surface area (Å²) in [6, 6.07) is 10.5. The van der Waals surface area contributed by atoms with E-state index in [-0.39, 0.29) is 11.6 Å². The molecule has 4 heteroatoms. The first-order chi connectivity index (χ1) is 10.7. The number of piperidine rings is 3. The molecule has 3 heterocycles. The Hall–Kier alpha value is -1.55. The molecule has 1 aromatic carbocycles. The number of nitrogens with zero attached hydrogens (tertiary/aromatic N) is 2. The van der Waals surface area contributed by atoms with Crippen LogP contribution in [0.25, 0.3) is 0 Å². The van der Waals surface area contributed by atoms with Crippen molar-refractivity contribution in [1.29, 1.82) is 0 Å². The Kier molecular flexibility index (Phi) is 3.37. The van der Waals surface area contributed by atoms with E-state index in [2.05, 4.69) is 17.0 Å². The lowest BCUT2D eigenvalue weighted by Gasteiger charge is -2.57. The Labute approximate surface area is 131 Å². The zero-order valence-corrected chi connectivity index (χ0v) is 12.9. The van der Waals surface area contributed by atoms with E-state index in [0.29, 0.717) is 5.92 Å². The molecule has 118 valence electrons. The third-order valence-corrected chi connectivity index (χ3v) is 6.11. The standard InChI is InChI=1S/C18H24N2O2/c21-17(22)20(16-13-19-11-7-14(16)8-12-19)18(9-4-10-18)15-5-2-1-3-6-15/h1-3,5-6,14,16H,4,7-13H2,(H,21,22). The van der Waals surface area contributed by atoms with Crippen LogP contribution in [0.15, 0.2) is 30.3 Å². The molecule has 1 N–H and O–H groups in total. The zero-order valence-electron chi connectivity index (χ0n) is 12.9. The summed E-state index contributed by atoms with van der Waals surface area (Å²) < 4.78 is 0. The van der Waals surface area contributed by atoms with Gasteiger partial charge in [-0.3, -0.25) is 4.90 Å². The molecule has 1 aromatic rings. The molecule has 4 aliphatic rings. The van der Waals surface area contributed by atoms with Gasteiger partial charge in [0.25, 0.3) is 0 Å². The van der Waals surface area contributed by atoms with Gasteiger partial charge in [0.15, 0.2) is 0 Å². The lowest BCUT2D eigenvalue weighted by atomic mass is 9.68. The molecule has 3 saturated heterocycles. The SMILES string of the molecule is O=C(O)N(C1CN2CCC1CC2)C1(c2ccccc2)CCC1. The van der Waals surface area contributed by atoms with Gasteiger partial charge in [-0.15, -0.1) is 0 Å². The second-order valence-corrected chi connectivity index (χ2v) is 7.11. The van der Waals surface area contributed by atoms with Crippen LogP contribution in [0.1, 0.15) is 37.7 Å². The average molecular weight is 300 g/mol. The number of carbonyl (C=O) groups is 1. The highest BCUT2D eigenvalue weighted by molar-refractivity contribution is 5.68. The van der Waals surface area contributed by atoms with E-state index >= 15 is 0 Å². The number of carboxylic acid groups (broad SMARTS) is 1. The maximum Gasteiger partial charge on any atom is 0.408 e. The normalized spacial score (nSPS) is 32.3. The first-order valence-corrected chi connectivity index (χ1v) is 8.51. The number of fused-ring (bicyclic) bond motifs is 3. The summed E-state index contributed by atoms with van der Waals surface area (Å²) in [5.41, 5.74) is 0.899. The molecule has 1 atom stereocenters. The maximum absolute atomic E-state index is 12.2. The van der Waals surface area contributed by atoms with Crippen molar-refractivity contribution >= 4 is 6.09 Å². The summed E-state index contributed by atoms with van der Waals surface area (Å²) >= 11 is 0. The Morgan fingerprint density at radius 2 is 1.86 bits per heavy atom. The number of rotatable bonds is 3. The summed E-state index contributed by atoms with van der Waals surface area (Å²) in [6.45, 7) is 3.21. The molecular weight excluding hydrogens is 276 g/mol. The van der Waals surface area contributed by atoms with Crippen LogP contribution >= 0.6 is 0 Å². The summed E-state index contributed by atoms with van der Waals surface area (Å²) in [5, 5.41) is 10.0. The molecule has 1 aliphatic carbocycles. The van der Waals surface area contributed by atoms with Gasteiger partial charge in [0.05, 0.1) is 11.6 Å². The van der Waals surface area contributed by atoms with Crippen molar-refractivity contribution in [3.05, 3.63) is 35.9 Å². The topological polar surface area (TPSA) is 43.8 Å². The van der Waals surface area contributed by atoms with Crippen molar-refractivity contribution in [2.45, 2.75) is 43.7 Å². The number of hydrogen-bond acceptors (Lipinski definition) is 2. The molecule has 0 spiro atoms. The Balaban J connectivity index is 1.71. The van der Waals surface area contributed by atoms with E-state index in [9.17, 15) is 9.90 Å². The van der Waals surface area contributed by atoms with Crippen LogP contribution in [0.3, 0.4) is 0 Å². The van der Waals surface area contributed by atoms with Crippen LogP contribution in [0.4, 0.5) is 4.79 Å². The molecule has 1 unspecified atom stereocenters. The van der Waals surface area contributed by atoms with Crippen LogP contribution in [-0.2, 0) is 5.54 Å². The minimum atomic E-state index is -0.734. The monoisotopic (exact) mass is 300 g/mol. The predicted molar refractivity (Wildman–Crippen MR) is 84.8 cm³/mol. The number of hydrogen-bond donors (Lipinski definition) is 1. The van der Waals surface area contributed by atoms with E-state index in [1.165, 1.54) is 5.56 Å². The van der Waals surface area contributed by atoms with Crippen molar-refractivity contribution in [3.8, 4) is 0 Å². The fraction of sp³-hybridized carbons (Fsp3) is 0.611. The number of amides is 1. The third kappa shape index (κ3) is 2.04. The minimum Gasteiger partial charge on any atom is -0.465 e. The average Bonchev–Trinajstić information content (AvgIpc) is 2.52. The van der Waals surface area contributed by atoms with Gasteiger partial charge in [-0.25, -0.2) is 4.79 Å². The zero-order chi connectivity index (χ0) is 15.2. The molecule has 4 fully saturated rings. The Morgan fingerprint density at radius 1 is 1.18 bits per heavy atom. The molecule has 1 amide bonds. The van der Waals surface area contributed by atoms with Crippen LogP contribution in [0.2, 0.25) is 0 Å². The van der Waals surface area contributed by atoms with Gasteiger partial charge in [0.2, 0.25) is 0 Å². The third-order valence-electron chi connectivity index (χ3n) is 6.11. The molecular formula is C18H24N2O2. The highest BCUT2D eigenvalue weighted by Gasteiger charge is 2.52. The van der Waals surface area contributed by atoms with E-state index < -0.39 is 6.09 Å². The van der Waals surface area contributed by atoms with E-state index in [4.69, 9.17) is 0 Å². The van der Waals surface area contributed by atoms with Crippen molar-refractivity contribution in [1.82, 2.24) is 9.80 Å². The summed E-state index contributed by atoms with van der Waals surface area (Å²) in [5.74, 6) is 0.544. The molecule has 2 bridgehead atoms. The summed E-state index contributed by atoms with van der Waals surface area (Å²) in [4.78, 5) is 16.5. The van der Waals surface area contributed by atoms with E-state index in [1.54, 1.807) is 0 Å². The van der Waals surface area contributed by atoms with Crippen molar-refractivity contribution in [3.63, 3.8) is 0 Å². The maximum atomic E-state index is 12.2. The van der Waals surface area contributed by atoms with Crippen LogP contribution in [-0.4, -0.2) is 46.7 Å². The van der Waals surface area contributed by atoms with Crippen LogP contribution in [0, 0.1) is 5.92 Å². The van der Waals surface area contributed by atoms with Gasteiger partial charge in [0, 0.05) is 6.54 Å². The smallest absolute Gasteiger partial charge is 0.408 e. The molecule has 5 rings (SSSR count). The van der Waals surface area contributed by atoms with E-state index in [1.807, 2.05) is 23.1 Å². The molecule has 0 aromatic heterocycles. The van der Waals surface area contributed by atoms with Crippen molar-refractivity contribution in [2.24, 2.45) is 5.92 Å². The fourth-order valence-electron chi connectivity index (χ4n) is 4.80. The molecule has 0 radical (unpaired) electrons. The Morgan fingerprint density at radius 3 is 2.32 bits per heavy atom. The second kappa shape index (κ2) is 5.27. The van der Waals surface area contributed by atoms with Crippen LogP contribution < -0.4 is 0 Å². The van der Waals surface area contributed by atoms with Gasteiger partial charge in [-0.2, -0.15) is 0 Å². The van der Waals surface area contributed by atoms with Crippen LogP contribution in [0.5, 0.6) is 0 Å². The second-order valence-electron chi connectivity index (χ2n) is 7.11. The highest BCUT2D eigenvalue weighted by atomic mass is 16.4. The summed E-state index contributed by atoms with van der Waals surface area (Å²) in [7, 11) is 0. The van der Waals surface area contributed by atoms with Gasteiger partial charge in [-0.1, -0.05) is 30.3 Å². The molecule has 1 saturated carbocycles. The molecule has 22 heavy (non-hydrogen) atoms. The van der Waals surface area contributed by atoms with Gasteiger partial charge >= 0.3 is 6.09 Å². The quantitative estimate of drug-likeness (QED) is 0.932. The molecule has 4 nitrogen and oxygen atoms in total. The fourth-order valence-corrected chi connectivity index (χ4v) is 4.80.